The molecule has 0 aliphatic heterocycles. The van der Waals surface area contributed by atoms with Crippen molar-refractivity contribution in [3.05, 3.63) is 63.7 Å². The molecule has 0 saturated heterocycles. The Kier molecular flexibility index (Phi) is 5.52. The van der Waals surface area contributed by atoms with Crippen LogP contribution in [0.4, 0.5) is 26.3 Å². The van der Waals surface area contributed by atoms with Gasteiger partial charge in [-0.25, -0.2) is 0 Å². The molecule has 1 atom stereocenters. The zero-order valence-corrected chi connectivity index (χ0v) is 15.1. The highest BCUT2D eigenvalue weighted by atomic mass is 31.1. The molecular weight excluding hydrogens is 377 g/mol. The maximum absolute atomic E-state index is 13.2. The minimum absolute atomic E-state index is 0.464. The standard InChI is InChI=1S/C18H15F6OP/c1-9-7-10(2)15(11(3)8-9)26-16(25)14-12(17(19,20)21)5-4-6-13(14)18(22,23)24/h4-8,26H,1-3H3. The first-order chi connectivity index (χ1) is 11.8. The van der Waals surface area contributed by atoms with Gasteiger partial charge in [-0.2, -0.15) is 26.3 Å². The van der Waals surface area contributed by atoms with Gasteiger partial charge in [-0.1, -0.05) is 23.8 Å². The molecule has 0 amide bonds. The maximum atomic E-state index is 13.2. The summed E-state index contributed by atoms with van der Waals surface area (Å²) in [5.74, 6) is 0. The second-order valence-corrected chi connectivity index (χ2v) is 7.16. The summed E-state index contributed by atoms with van der Waals surface area (Å²) in [5, 5.41) is 0.464. The SMILES string of the molecule is Cc1cc(C)c(PC(=O)c2c(C(F)(F)F)cccc2C(F)(F)F)c(C)c1. The maximum Gasteiger partial charge on any atom is 0.417 e. The third-order valence-corrected chi connectivity index (χ3v) is 5.33. The molecule has 0 saturated carbocycles. The van der Waals surface area contributed by atoms with Crippen LogP contribution >= 0.6 is 8.58 Å². The van der Waals surface area contributed by atoms with Gasteiger partial charge in [0.05, 0.1) is 11.1 Å². The molecule has 2 rings (SSSR count). The molecule has 0 bridgehead atoms. The molecule has 0 fully saturated rings. The van der Waals surface area contributed by atoms with E-state index >= 15 is 0 Å². The van der Waals surface area contributed by atoms with Crippen molar-refractivity contribution >= 4 is 19.4 Å². The lowest BCUT2D eigenvalue weighted by Crippen LogP contribution is -2.20. The third kappa shape index (κ3) is 4.26. The number of carbonyl (C=O) groups is 1. The van der Waals surface area contributed by atoms with Crippen molar-refractivity contribution in [3.8, 4) is 0 Å². The monoisotopic (exact) mass is 392 g/mol. The summed E-state index contributed by atoms with van der Waals surface area (Å²) < 4.78 is 79.3. The molecule has 140 valence electrons. The van der Waals surface area contributed by atoms with Crippen molar-refractivity contribution in [3.63, 3.8) is 0 Å². The number of hydrogen-bond donors (Lipinski definition) is 0. The summed E-state index contributed by atoms with van der Waals surface area (Å²) in [6, 6.07) is 5.14. The van der Waals surface area contributed by atoms with Crippen LogP contribution in [0.15, 0.2) is 30.3 Å². The van der Waals surface area contributed by atoms with Crippen LogP contribution < -0.4 is 5.30 Å². The molecule has 0 spiro atoms. The van der Waals surface area contributed by atoms with Crippen molar-refractivity contribution in [1.29, 1.82) is 0 Å². The summed E-state index contributed by atoms with van der Waals surface area (Å²) in [5.41, 5.74) is -3.41. The first-order valence-electron chi connectivity index (χ1n) is 7.49. The Morgan fingerprint density at radius 1 is 0.846 bits per heavy atom. The van der Waals surface area contributed by atoms with Crippen molar-refractivity contribution < 1.29 is 31.1 Å². The zero-order chi connectivity index (χ0) is 19.9. The Labute approximate surface area is 148 Å². The van der Waals surface area contributed by atoms with E-state index in [2.05, 4.69) is 0 Å². The van der Waals surface area contributed by atoms with E-state index in [4.69, 9.17) is 0 Å². The van der Waals surface area contributed by atoms with E-state index in [1.54, 1.807) is 26.0 Å². The minimum atomic E-state index is -5.06. The average Bonchev–Trinajstić information content (AvgIpc) is 2.48. The molecular formula is C18H15F6OP. The number of halogens is 6. The molecule has 0 aromatic heterocycles. The zero-order valence-electron chi connectivity index (χ0n) is 14.1. The number of alkyl halides is 6. The number of hydrogen-bond acceptors (Lipinski definition) is 1. The minimum Gasteiger partial charge on any atom is -0.289 e. The highest BCUT2D eigenvalue weighted by Crippen LogP contribution is 2.41. The highest BCUT2D eigenvalue weighted by molar-refractivity contribution is 7.66. The van der Waals surface area contributed by atoms with E-state index in [0.717, 1.165) is 5.56 Å². The molecule has 0 heterocycles. The Morgan fingerprint density at radius 2 is 1.27 bits per heavy atom. The second-order valence-electron chi connectivity index (χ2n) is 5.95. The van der Waals surface area contributed by atoms with Gasteiger partial charge in [-0.05, 0) is 57.9 Å². The van der Waals surface area contributed by atoms with Gasteiger partial charge >= 0.3 is 12.4 Å². The molecule has 1 unspecified atom stereocenters. The summed E-state index contributed by atoms with van der Waals surface area (Å²) in [7, 11) is -0.838. The van der Waals surface area contributed by atoms with E-state index < -0.39 is 43.1 Å². The Balaban J connectivity index is 2.62. The van der Waals surface area contributed by atoms with Crippen LogP contribution in [0.3, 0.4) is 0 Å². The summed E-state index contributed by atoms with van der Waals surface area (Å²) >= 11 is 0. The van der Waals surface area contributed by atoms with Crippen LogP contribution in [0.25, 0.3) is 0 Å². The summed E-state index contributed by atoms with van der Waals surface area (Å²) in [4.78, 5) is 12.6. The topological polar surface area (TPSA) is 17.1 Å². The number of rotatable bonds is 3. The first-order valence-corrected chi connectivity index (χ1v) is 8.49. The van der Waals surface area contributed by atoms with Gasteiger partial charge in [0.2, 0.25) is 0 Å². The van der Waals surface area contributed by atoms with E-state index in [-0.39, 0.29) is 0 Å². The quantitative estimate of drug-likeness (QED) is 0.477. The van der Waals surface area contributed by atoms with Crippen LogP contribution in [0.2, 0.25) is 0 Å². The predicted molar refractivity (Wildman–Crippen MR) is 89.4 cm³/mol. The predicted octanol–water partition coefficient (Wildman–Crippen LogP) is 5.79. The lowest BCUT2D eigenvalue weighted by atomic mass is 10.0. The normalized spacial score (nSPS) is 12.8. The highest BCUT2D eigenvalue weighted by Gasteiger charge is 2.42. The summed E-state index contributed by atoms with van der Waals surface area (Å²) in [6.45, 7) is 5.17. The number of benzene rings is 2. The third-order valence-electron chi connectivity index (χ3n) is 3.82. The van der Waals surface area contributed by atoms with Gasteiger partial charge in [0.25, 0.3) is 0 Å². The molecule has 0 radical (unpaired) electrons. The molecule has 8 heteroatoms. The fourth-order valence-corrected chi connectivity index (χ4v) is 3.98. The van der Waals surface area contributed by atoms with Crippen molar-refractivity contribution in [1.82, 2.24) is 0 Å². The van der Waals surface area contributed by atoms with Gasteiger partial charge in [0, 0.05) is 5.56 Å². The first kappa shape index (κ1) is 20.4. The van der Waals surface area contributed by atoms with Crippen molar-refractivity contribution in [2.24, 2.45) is 0 Å². The molecule has 2 aromatic carbocycles. The molecule has 0 aliphatic rings. The van der Waals surface area contributed by atoms with E-state index in [1.807, 2.05) is 6.92 Å². The average molecular weight is 392 g/mol. The van der Waals surface area contributed by atoms with Gasteiger partial charge in [-0.3, -0.25) is 4.79 Å². The fraction of sp³-hybridized carbons (Fsp3) is 0.278. The lowest BCUT2D eigenvalue weighted by molar-refractivity contribution is -0.143. The number of carbonyl (C=O) groups excluding carboxylic acids is 1. The molecule has 0 N–H and O–H groups in total. The van der Waals surface area contributed by atoms with E-state index in [9.17, 15) is 31.1 Å². The van der Waals surface area contributed by atoms with E-state index in [0.29, 0.717) is 34.6 Å². The smallest absolute Gasteiger partial charge is 0.289 e. The van der Waals surface area contributed by atoms with Crippen LogP contribution in [0.1, 0.15) is 38.2 Å². The molecule has 26 heavy (non-hydrogen) atoms. The number of aryl methyl sites for hydroxylation is 3. The summed E-state index contributed by atoms with van der Waals surface area (Å²) in [6.07, 6.45) is -10.1. The van der Waals surface area contributed by atoms with Crippen LogP contribution in [-0.2, 0) is 12.4 Å². The Bertz CT molecular complexity index is 796. The van der Waals surface area contributed by atoms with Gasteiger partial charge in [-0.15, -0.1) is 0 Å². The van der Waals surface area contributed by atoms with Crippen molar-refractivity contribution in [2.45, 2.75) is 33.1 Å². The van der Waals surface area contributed by atoms with Crippen LogP contribution in [-0.4, -0.2) is 5.52 Å². The van der Waals surface area contributed by atoms with Gasteiger partial charge in [0.15, 0.2) is 5.52 Å². The Hall–Kier alpha value is -1.88. The molecule has 0 aliphatic carbocycles. The molecule has 1 nitrogen and oxygen atoms in total. The van der Waals surface area contributed by atoms with Crippen molar-refractivity contribution in [2.75, 3.05) is 0 Å². The van der Waals surface area contributed by atoms with Gasteiger partial charge in [0.1, 0.15) is 0 Å². The van der Waals surface area contributed by atoms with Gasteiger partial charge < -0.3 is 0 Å². The van der Waals surface area contributed by atoms with Crippen LogP contribution in [0.5, 0.6) is 0 Å². The lowest BCUT2D eigenvalue weighted by Gasteiger charge is -2.18. The molecule has 2 aromatic rings. The van der Waals surface area contributed by atoms with Crippen LogP contribution in [0, 0.1) is 20.8 Å². The van der Waals surface area contributed by atoms with E-state index in [1.165, 1.54) is 0 Å². The fourth-order valence-electron chi connectivity index (χ4n) is 2.82. The Morgan fingerprint density at radius 3 is 1.65 bits per heavy atom. The largest absolute Gasteiger partial charge is 0.417 e. The second kappa shape index (κ2) is 7.03.